The van der Waals surface area contributed by atoms with Crippen LogP contribution in [0.1, 0.15) is 11.1 Å². The van der Waals surface area contributed by atoms with Crippen LogP contribution in [0.4, 0.5) is 10.1 Å². The van der Waals surface area contributed by atoms with Crippen LogP contribution in [0.2, 0.25) is 5.02 Å². The molecule has 25 heavy (non-hydrogen) atoms. The van der Waals surface area contributed by atoms with Crippen LogP contribution in [0.15, 0.2) is 60.9 Å². The molecule has 0 aliphatic rings. The number of rotatable bonds is 5. The Morgan fingerprint density at radius 1 is 1.08 bits per heavy atom. The molecule has 1 aromatic heterocycles. The number of anilines is 1. The number of thiocarbonyl (C=S) groups is 1. The van der Waals surface area contributed by atoms with Gasteiger partial charge in [0.05, 0.1) is 18.4 Å². The minimum atomic E-state index is -0.252. The fraction of sp³-hybridized carbons (Fsp3) is 0.111. The molecule has 128 valence electrons. The molecule has 7 heteroatoms. The van der Waals surface area contributed by atoms with Crippen molar-refractivity contribution in [2.24, 2.45) is 0 Å². The van der Waals surface area contributed by atoms with Gasteiger partial charge in [-0.15, -0.1) is 0 Å². The molecule has 2 N–H and O–H groups in total. The van der Waals surface area contributed by atoms with Gasteiger partial charge in [-0.3, -0.25) is 4.68 Å². The van der Waals surface area contributed by atoms with E-state index in [1.165, 1.54) is 12.1 Å². The van der Waals surface area contributed by atoms with E-state index in [4.69, 9.17) is 23.8 Å². The zero-order valence-corrected chi connectivity index (χ0v) is 14.8. The SMILES string of the molecule is Fc1ccc(CNC(=S)Nc2cnn(Cc3ccc(Cl)cc3)c2)cc1. The molecule has 0 spiro atoms. The third-order valence-corrected chi connectivity index (χ3v) is 4.01. The lowest BCUT2D eigenvalue weighted by Crippen LogP contribution is -2.27. The van der Waals surface area contributed by atoms with Crippen LogP contribution < -0.4 is 10.6 Å². The fourth-order valence-corrected chi connectivity index (χ4v) is 2.57. The van der Waals surface area contributed by atoms with E-state index in [1.54, 1.807) is 18.3 Å². The summed E-state index contributed by atoms with van der Waals surface area (Å²) in [6, 6.07) is 13.9. The highest BCUT2D eigenvalue weighted by Crippen LogP contribution is 2.12. The molecule has 0 bridgehead atoms. The predicted octanol–water partition coefficient (Wildman–Crippen LogP) is 4.21. The summed E-state index contributed by atoms with van der Waals surface area (Å²) in [6.07, 6.45) is 3.59. The molecular formula is C18H16ClFN4S. The van der Waals surface area contributed by atoms with Crippen LogP contribution >= 0.6 is 23.8 Å². The van der Waals surface area contributed by atoms with Gasteiger partial charge in [0.25, 0.3) is 0 Å². The van der Waals surface area contributed by atoms with Gasteiger partial charge in [-0.25, -0.2) is 4.39 Å². The van der Waals surface area contributed by atoms with Gasteiger partial charge in [-0.1, -0.05) is 35.9 Å². The number of hydrogen-bond acceptors (Lipinski definition) is 2. The van der Waals surface area contributed by atoms with E-state index in [-0.39, 0.29) is 5.82 Å². The summed E-state index contributed by atoms with van der Waals surface area (Å²) in [4.78, 5) is 0. The number of benzene rings is 2. The van der Waals surface area contributed by atoms with E-state index in [2.05, 4.69) is 15.7 Å². The van der Waals surface area contributed by atoms with E-state index in [0.717, 1.165) is 16.8 Å². The Bertz CT molecular complexity index is 846. The van der Waals surface area contributed by atoms with Crippen LogP contribution in [0, 0.1) is 5.82 Å². The van der Waals surface area contributed by atoms with Crippen molar-refractivity contribution in [2.75, 3.05) is 5.32 Å². The van der Waals surface area contributed by atoms with Crippen molar-refractivity contribution in [3.63, 3.8) is 0 Å². The quantitative estimate of drug-likeness (QED) is 0.656. The van der Waals surface area contributed by atoms with Gasteiger partial charge in [0.2, 0.25) is 0 Å². The third kappa shape index (κ3) is 5.27. The Morgan fingerprint density at radius 3 is 2.48 bits per heavy atom. The molecule has 1 heterocycles. The lowest BCUT2D eigenvalue weighted by Gasteiger charge is -2.09. The van der Waals surface area contributed by atoms with Crippen molar-refractivity contribution in [2.45, 2.75) is 13.1 Å². The van der Waals surface area contributed by atoms with E-state index >= 15 is 0 Å². The highest BCUT2D eigenvalue weighted by Gasteiger charge is 2.03. The number of halogens is 2. The topological polar surface area (TPSA) is 41.9 Å². The van der Waals surface area contributed by atoms with Crippen LogP contribution in [0.5, 0.6) is 0 Å². The van der Waals surface area contributed by atoms with E-state index in [0.29, 0.717) is 23.2 Å². The predicted molar refractivity (Wildman–Crippen MR) is 102 cm³/mol. The summed E-state index contributed by atoms with van der Waals surface area (Å²) >= 11 is 11.2. The standard InChI is InChI=1S/C18H16ClFN4S/c19-15-5-1-14(2-6-15)11-24-12-17(10-22-24)23-18(25)21-9-13-3-7-16(20)8-4-13/h1-8,10,12H,9,11H2,(H2,21,23,25). The van der Waals surface area contributed by atoms with Gasteiger partial charge in [-0.05, 0) is 47.6 Å². The van der Waals surface area contributed by atoms with Gasteiger partial charge in [0, 0.05) is 17.8 Å². The number of nitrogens with one attached hydrogen (secondary N) is 2. The first-order valence-electron chi connectivity index (χ1n) is 7.65. The van der Waals surface area contributed by atoms with Crippen molar-refractivity contribution in [3.8, 4) is 0 Å². The molecule has 2 aromatic carbocycles. The minimum Gasteiger partial charge on any atom is -0.358 e. The summed E-state index contributed by atoms with van der Waals surface area (Å²) < 4.78 is 14.7. The van der Waals surface area contributed by atoms with Crippen molar-refractivity contribution in [1.82, 2.24) is 15.1 Å². The van der Waals surface area contributed by atoms with E-state index < -0.39 is 0 Å². The molecule has 0 aliphatic heterocycles. The molecule has 0 unspecified atom stereocenters. The number of hydrogen-bond donors (Lipinski definition) is 2. The lowest BCUT2D eigenvalue weighted by molar-refractivity contribution is 0.627. The first-order chi connectivity index (χ1) is 12.1. The Balaban J connectivity index is 1.51. The maximum atomic E-state index is 12.9. The molecule has 4 nitrogen and oxygen atoms in total. The molecule has 0 amide bonds. The van der Waals surface area contributed by atoms with Crippen LogP contribution in [0.25, 0.3) is 0 Å². The number of nitrogens with zero attached hydrogens (tertiary/aromatic N) is 2. The molecular weight excluding hydrogens is 359 g/mol. The second-order valence-corrected chi connectivity index (χ2v) is 6.33. The Hall–Kier alpha value is -2.44. The highest BCUT2D eigenvalue weighted by atomic mass is 35.5. The first kappa shape index (κ1) is 17.4. The van der Waals surface area contributed by atoms with Gasteiger partial charge in [0.15, 0.2) is 5.11 Å². The number of aromatic nitrogens is 2. The zero-order valence-electron chi connectivity index (χ0n) is 13.2. The molecule has 0 atom stereocenters. The van der Waals surface area contributed by atoms with Crippen LogP contribution in [0.3, 0.4) is 0 Å². The van der Waals surface area contributed by atoms with E-state index in [1.807, 2.05) is 35.1 Å². The maximum absolute atomic E-state index is 12.9. The largest absolute Gasteiger partial charge is 0.358 e. The molecule has 0 fully saturated rings. The normalized spacial score (nSPS) is 10.5. The summed E-state index contributed by atoms with van der Waals surface area (Å²) in [5, 5.41) is 11.7. The molecule has 0 radical (unpaired) electrons. The van der Waals surface area contributed by atoms with E-state index in [9.17, 15) is 4.39 Å². The smallest absolute Gasteiger partial charge is 0.171 e. The Morgan fingerprint density at radius 2 is 1.76 bits per heavy atom. The van der Waals surface area contributed by atoms with Crippen molar-refractivity contribution < 1.29 is 4.39 Å². The molecule has 0 saturated carbocycles. The van der Waals surface area contributed by atoms with Crippen molar-refractivity contribution >= 4 is 34.6 Å². The fourth-order valence-electron chi connectivity index (χ4n) is 2.25. The average Bonchev–Trinajstić information content (AvgIpc) is 3.03. The van der Waals surface area contributed by atoms with Gasteiger partial charge >= 0.3 is 0 Å². The summed E-state index contributed by atoms with van der Waals surface area (Å²) in [6.45, 7) is 1.17. The molecule has 0 saturated heterocycles. The minimum absolute atomic E-state index is 0.252. The highest BCUT2D eigenvalue weighted by molar-refractivity contribution is 7.80. The molecule has 0 aliphatic carbocycles. The summed E-state index contributed by atoms with van der Waals surface area (Å²) in [5.41, 5.74) is 2.85. The van der Waals surface area contributed by atoms with Gasteiger partial charge in [0.1, 0.15) is 5.82 Å². The maximum Gasteiger partial charge on any atom is 0.171 e. The van der Waals surface area contributed by atoms with Crippen molar-refractivity contribution in [1.29, 1.82) is 0 Å². The molecule has 3 rings (SSSR count). The zero-order chi connectivity index (χ0) is 17.6. The second kappa shape index (κ2) is 8.09. The Labute approximate surface area is 155 Å². The molecule has 3 aromatic rings. The second-order valence-electron chi connectivity index (χ2n) is 5.49. The van der Waals surface area contributed by atoms with Crippen molar-refractivity contribution in [3.05, 3.63) is 82.9 Å². The Kier molecular flexibility index (Phi) is 5.63. The third-order valence-electron chi connectivity index (χ3n) is 3.52. The lowest BCUT2D eigenvalue weighted by atomic mass is 10.2. The summed E-state index contributed by atoms with van der Waals surface area (Å²) in [7, 11) is 0. The summed E-state index contributed by atoms with van der Waals surface area (Å²) in [5.74, 6) is -0.252. The first-order valence-corrected chi connectivity index (χ1v) is 8.43. The van der Waals surface area contributed by atoms with Gasteiger partial charge in [-0.2, -0.15) is 5.10 Å². The van der Waals surface area contributed by atoms with Crippen LogP contribution in [-0.2, 0) is 13.1 Å². The monoisotopic (exact) mass is 374 g/mol. The van der Waals surface area contributed by atoms with Gasteiger partial charge < -0.3 is 10.6 Å². The van der Waals surface area contributed by atoms with Crippen LogP contribution in [-0.4, -0.2) is 14.9 Å². The average molecular weight is 375 g/mol.